The zero-order valence-corrected chi connectivity index (χ0v) is 18.0. The van der Waals surface area contributed by atoms with Gasteiger partial charge in [-0.1, -0.05) is 36.4 Å². The zero-order chi connectivity index (χ0) is 21.5. The summed E-state index contributed by atoms with van der Waals surface area (Å²) in [4.78, 5) is 12.8. The lowest BCUT2D eigenvalue weighted by Crippen LogP contribution is -2.33. The third-order valence-corrected chi connectivity index (χ3v) is 7.42. The molecule has 0 aromatic heterocycles. The number of rotatable bonds is 4. The molecule has 0 atom stereocenters. The predicted octanol–water partition coefficient (Wildman–Crippen LogP) is 5.05. The molecule has 1 amide bonds. The lowest BCUT2D eigenvalue weighted by Gasteiger charge is -2.20. The number of anilines is 2. The SMILES string of the molecule is CC(C)(C)S(=O)(=O)Nc1ccc(C(=O)Nc2cccc3c2Cc2ccccc2-3)cc1. The fourth-order valence-electron chi connectivity index (χ4n) is 3.47. The van der Waals surface area contributed by atoms with E-state index >= 15 is 0 Å². The smallest absolute Gasteiger partial charge is 0.255 e. The van der Waals surface area contributed by atoms with Crippen molar-refractivity contribution in [3.05, 3.63) is 83.4 Å². The van der Waals surface area contributed by atoms with E-state index in [9.17, 15) is 13.2 Å². The molecule has 2 N–H and O–H groups in total. The highest BCUT2D eigenvalue weighted by molar-refractivity contribution is 7.94. The summed E-state index contributed by atoms with van der Waals surface area (Å²) in [5.74, 6) is -0.232. The number of sulfonamides is 1. The maximum absolute atomic E-state index is 12.8. The van der Waals surface area contributed by atoms with Gasteiger partial charge >= 0.3 is 0 Å². The first-order chi connectivity index (χ1) is 14.2. The predicted molar refractivity (Wildman–Crippen MR) is 121 cm³/mol. The molecule has 1 aliphatic rings. The largest absolute Gasteiger partial charge is 0.322 e. The molecule has 0 saturated heterocycles. The van der Waals surface area contributed by atoms with Crippen molar-refractivity contribution in [2.75, 3.05) is 10.0 Å². The Hall–Kier alpha value is -3.12. The zero-order valence-electron chi connectivity index (χ0n) is 17.2. The van der Waals surface area contributed by atoms with E-state index in [2.05, 4.69) is 28.2 Å². The molecule has 30 heavy (non-hydrogen) atoms. The van der Waals surface area contributed by atoms with E-state index in [4.69, 9.17) is 0 Å². The molecule has 0 aliphatic heterocycles. The van der Waals surface area contributed by atoms with Crippen molar-refractivity contribution in [2.24, 2.45) is 0 Å². The molecule has 4 rings (SSSR count). The van der Waals surface area contributed by atoms with Gasteiger partial charge in [-0.05, 0) is 73.4 Å². The van der Waals surface area contributed by atoms with Gasteiger partial charge in [0.25, 0.3) is 5.91 Å². The molecular formula is C24H24N2O3S. The Morgan fingerprint density at radius 1 is 0.867 bits per heavy atom. The summed E-state index contributed by atoms with van der Waals surface area (Å²) in [7, 11) is -3.52. The van der Waals surface area contributed by atoms with Crippen LogP contribution < -0.4 is 10.0 Å². The Labute approximate surface area is 177 Å². The summed E-state index contributed by atoms with van der Waals surface area (Å²) < 4.78 is 26.2. The molecule has 3 aromatic carbocycles. The van der Waals surface area contributed by atoms with Crippen LogP contribution in [-0.4, -0.2) is 19.1 Å². The van der Waals surface area contributed by atoms with Gasteiger partial charge in [-0.3, -0.25) is 9.52 Å². The quantitative estimate of drug-likeness (QED) is 0.485. The van der Waals surface area contributed by atoms with Crippen LogP contribution in [0.1, 0.15) is 42.3 Å². The molecule has 0 heterocycles. The summed E-state index contributed by atoms with van der Waals surface area (Å²) in [6, 6.07) is 20.6. The van der Waals surface area contributed by atoms with Gasteiger partial charge < -0.3 is 5.32 Å². The summed E-state index contributed by atoms with van der Waals surface area (Å²) >= 11 is 0. The number of hydrogen-bond acceptors (Lipinski definition) is 3. The van der Waals surface area contributed by atoms with Gasteiger partial charge in [0.1, 0.15) is 0 Å². The summed E-state index contributed by atoms with van der Waals surface area (Å²) in [5, 5.41) is 3.01. The number of hydrogen-bond donors (Lipinski definition) is 2. The van der Waals surface area contributed by atoms with Crippen LogP contribution in [0.2, 0.25) is 0 Å². The number of amides is 1. The van der Waals surface area contributed by atoms with Crippen LogP contribution >= 0.6 is 0 Å². The lowest BCUT2D eigenvalue weighted by molar-refractivity contribution is 0.102. The maximum Gasteiger partial charge on any atom is 0.255 e. The van der Waals surface area contributed by atoms with E-state index in [1.165, 1.54) is 11.1 Å². The van der Waals surface area contributed by atoms with Crippen LogP contribution in [0, 0.1) is 0 Å². The first kappa shape index (κ1) is 20.2. The maximum atomic E-state index is 12.8. The van der Waals surface area contributed by atoms with Gasteiger partial charge in [-0.25, -0.2) is 8.42 Å². The molecule has 1 aliphatic carbocycles. The molecule has 0 saturated carbocycles. The van der Waals surface area contributed by atoms with Crippen LogP contribution in [0.4, 0.5) is 11.4 Å². The average molecular weight is 421 g/mol. The Morgan fingerprint density at radius 3 is 2.23 bits per heavy atom. The Kier molecular flexibility index (Phi) is 4.90. The van der Waals surface area contributed by atoms with Gasteiger partial charge in [-0.2, -0.15) is 0 Å². The van der Waals surface area contributed by atoms with Crippen molar-refractivity contribution in [1.29, 1.82) is 0 Å². The Bertz CT molecular complexity index is 1220. The standard InChI is InChI=1S/C24H24N2O3S/c1-24(2,3)30(28,29)26-18-13-11-16(12-14-18)23(27)25-22-10-6-9-20-19-8-5-4-7-17(19)15-21(20)22/h4-14,26H,15H2,1-3H3,(H,25,27). The molecule has 154 valence electrons. The number of carbonyl (C=O) groups is 1. The normalized spacial score (nSPS) is 12.8. The van der Waals surface area contributed by atoms with Gasteiger partial charge in [-0.15, -0.1) is 0 Å². The van der Waals surface area contributed by atoms with Crippen LogP contribution in [0.3, 0.4) is 0 Å². The first-order valence-corrected chi connectivity index (χ1v) is 11.3. The minimum absolute atomic E-state index is 0.232. The van der Waals surface area contributed by atoms with Crippen molar-refractivity contribution >= 4 is 27.3 Å². The molecule has 0 fully saturated rings. The van der Waals surface area contributed by atoms with E-state index in [0.717, 1.165) is 23.2 Å². The molecule has 6 heteroatoms. The number of carbonyl (C=O) groups excluding carboxylic acids is 1. The summed E-state index contributed by atoms with van der Waals surface area (Å²) in [6.07, 6.45) is 0.787. The lowest BCUT2D eigenvalue weighted by atomic mass is 10.0. The minimum atomic E-state index is -3.52. The highest BCUT2D eigenvalue weighted by Gasteiger charge is 2.29. The summed E-state index contributed by atoms with van der Waals surface area (Å²) in [6.45, 7) is 4.90. The van der Waals surface area contributed by atoms with Crippen molar-refractivity contribution in [3.63, 3.8) is 0 Å². The second-order valence-electron chi connectivity index (χ2n) is 8.41. The summed E-state index contributed by atoms with van der Waals surface area (Å²) in [5.41, 5.74) is 6.41. The highest BCUT2D eigenvalue weighted by atomic mass is 32.2. The van der Waals surface area contributed by atoms with E-state index in [0.29, 0.717) is 11.3 Å². The molecule has 3 aromatic rings. The molecule has 0 bridgehead atoms. The third-order valence-electron chi connectivity index (χ3n) is 5.30. The molecule has 0 unspecified atom stereocenters. The van der Waals surface area contributed by atoms with Crippen molar-refractivity contribution in [1.82, 2.24) is 0 Å². The van der Waals surface area contributed by atoms with Gasteiger partial charge in [0.15, 0.2) is 0 Å². The van der Waals surface area contributed by atoms with Crippen molar-refractivity contribution in [3.8, 4) is 11.1 Å². The first-order valence-electron chi connectivity index (χ1n) is 9.80. The van der Waals surface area contributed by atoms with Crippen molar-refractivity contribution < 1.29 is 13.2 Å². The second kappa shape index (κ2) is 7.29. The highest BCUT2D eigenvalue weighted by Crippen LogP contribution is 2.40. The molecule has 0 radical (unpaired) electrons. The van der Waals surface area contributed by atoms with E-state index in [-0.39, 0.29) is 5.91 Å². The molecule has 5 nitrogen and oxygen atoms in total. The van der Waals surface area contributed by atoms with Crippen molar-refractivity contribution in [2.45, 2.75) is 31.9 Å². The molecule has 0 spiro atoms. The third kappa shape index (κ3) is 3.71. The van der Waals surface area contributed by atoms with Crippen LogP contribution in [0.25, 0.3) is 11.1 Å². The monoisotopic (exact) mass is 420 g/mol. The Balaban J connectivity index is 1.52. The average Bonchev–Trinajstić information content (AvgIpc) is 3.07. The fourth-order valence-corrected chi connectivity index (χ4v) is 4.22. The van der Waals surface area contributed by atoms with Gasteiger partial charge in [0.05, 0.1) is 4.75 Å². The van der Waals surface area contributed by atoms with Crippen LogP contribution in [0.15, 0.2) is 66.7 Å². The van der Waals surface area contributed by atoms with Gasteiger partial charge in [0, 0.05) is 23.4 Å². The van der Waals surface area contributed by atoms with E-state index in [1.807, 2.05) is 24.3 Å². The Morgan fingerprint density at radius 2 is 1.53 bits per heavy atom. The van der Waals surface area contributed by atoms with Gasteiger partial charge in [0.2, 0.25) is 10.0 Å². The molecular weight excluding hydrogens is 396 g/mol. The second-order valence-corrected chi connectivity index (χ2v) is 10.9. The number of benzene rings is 3. The van der Waals surface area contributed by atoms with E-state index < -0.39 is 14.8 Å². The van der Waals surface area contributed by atoms with Crippen LogP contribution in [0.5, 0.6) is 0 Å². The fraction of sp³-hybridized carbons (Fsp3) is 0.208. The van der Waals surface area contributed by atoms with Crippen LogP contribution in [-0.2, 0) is 16.4 Å². The van der Waals surface area contributed by atoms with E-state index in [1.54, 1.807) is 45.0 Å². The number of fused-ring (bicyclic) bond motifs is 3. The number of nitrogens with one attached hydrogen (secondary N) is 2. The minimum Gasteiger partial charge on any atom is -0.322 e. The topological polar surface area (TPSA) is 75.3 Å².